The van der Waals surface area contributed by atoms with Crippen LogP contribution in [0, 0.1) is 23.7 Å². The maximum Gasteiger partial charge on any atom is 0.314 e. The van der Waals surface area contributed by atoms with Crippen LogP contribution in [0.4, 0.5) is 0 Å². The predicted molar refractivity (Wildman–Crippen MR) is 118 cm³/mol. The molecule has 0 aliphatic heterocycles. The molecular formula is C24H24O8Ti. The Balaban J connectivity index is 0.000000410. The summed E-state index contributed by atoms with van der Waals surface area (Å²) in [5, 5.41) is 33.2. The van der Waals surface area contributed by atoms with E-state index >= 15 is 0 Å². The third-order valence-corrected chi connectivity index (χ3v) is 4.13. The van der Waals surface area contributed by atoms with Crippen molar-refractivity contribution in [3.63, 3.8) is 0 Å². The number of rotatable bonds is 4. The summed E-state index contributed by atoms with van der Waals surface area (Å²) in [6.07, 6.45) is 27.0. The van der Waals surface area contributed by atoms with Crippen LogP contribution in [-0.2, 0) is 40.9 Å². The van der Waals surface area contributed by atoms with Crippen LogP contribution >= 0.6 is 0 Å². The van der Waals surface area contributed by atoms with Gasteiger partial charge in [-0.1, -0.05) is 97.2 Å². The van der Waals surface area contributed by atoms with Gasteiger partial charge in [0.1, 0.15) is 0 Å². The van der Waals surface area contributed by atoms with E-state index in [2.05, 4.69) is 0 Å². The van der Waals surface area contributed by atoms with Crippen molar-refractivity contribution in [2.45, 2.75) is 0 Å². The number of carboxylic acids is 4. The van der Waals surface area contributed by atoms with Gasteiger partial charge in [0.15, 0.2) is 0 Å². The Labute approximate surface area is 205 Å². The van der Waals surface area contributed by atoms with Gasteiger partial charge in [0.2, 0.25) is 0 Å². The Morgan fingerprint density at radius 3 is 0.545 bits per heavy atom. The molecule has 0 bridgehead atoms. The van der Waals surface area contributed by atoms with Gasteiger partial charge in [-0.05, 0) is 0 Å². The average Bonchev–Trinajstić information content (AvgIpc) is 3.56. The van der Waals surface area contributed by atoms with Gasteiger partial charge < -0.3 is 20.4 Å². The molecule has 4 rings (SSSR count). The smallest absolute Gasteiger partial charge is 0.314 e. The van der Waals surface area contributed by atoms with Gasteiger partial charge in [0, 0.05) is 21.7 Å². The van der Waals surface area contributed by atoms with Crippen LogP contribution in [0.15, 0.2) is 97.2 Å². The van der Waals surface area contributed by atoms with Gasteiger partial charge >= 0.3 is 23.9 Å². The Hall–Kier alpha value is -3.49. The molecule has 0 saturated heterocycles. The first-order valence-corrected chi connectivity index (χ1v) is 9.53. The van der Waals surface area contributed by atoms with Crippen LogP contribution in [-0.4, -0.2) is 44.3 Å². The molecule has 4 aliphatic rings. The first-order valence-electron chi connectivity index (χ1n) is 9.53. The van der Waals surface area contributed by atoms with Crippen LogP contribution in [0.25, 0.3) is 0 Å². The normalized spacial score (nSPS) is 17.0. The van der Waals surface area contributed by atoms with Crippen molar-refractivity contribution in [3.8, 4) is 0 Å². The van der Waals surface area contributed by atoms with Crippen LogP contribution in [0.5, 0.6) is 0 Å². The first-order chi connectivity index (χ1) is 15.2. The zero-order chi connectivity index (χ0) is 23.9. The van der Waals surface area contributed by atoms with E-state index in [9.17, 15) is 19.2 Å². The molecule has 172 valence electrons. The van der Waals surface area contributed by atoms with Crippen molar-refractivity contribution < 1.29 is 61.3 Å². The average molecular weight is 488 g/mol. The van der Waals surface area contributed by atoms with Crippen LogP contribution in [0.2, 0.25) is 0 Å². The largest absolute Gasteiger partial charge is 0.481 e. The molecule has 0 aromatic heterocycles. The molecule has 0 radical (unpaired) electrons. The molecule has 0 fully saturated rings. The fourth-order valence-electron chi connectivity index (χ4n) is 2.39. The van der Waals surface area contributed by atoms with Gasteiger partial charge in [-0.3, -0.25) is 19.2 Å². The third-order valence-electron chi connectivity index (χ3n) is 4.13. The van der Waals surface area contributed by atoms with Gasteiger partial charge in [-0.25, -0.2) is 0 Å². The second-order valence-corrected chi connectivity index (χ2v) is 6.54. The summed E-state index contributed by atoms with van der Waals surface area (Å²) in [5.74, 6) is -4.65. The number of hydrogen-bond acceptors (Lipinski definition) is 4. The summed E-state index contributed by atoms with van der Waals surface area (Å²) in [6.45, 7) is 0. The first kappa shape index (κ1) is 29.5. The zero-order valence-electron chi connectivity index (χ0n) is 17.5. The summed E-state index contributed by atoms with van der Waals surface area (Å²) in [5.41, 5.74) is 0. The SMILES string of the molecule is O=C(O)C1C=CC=C1.O=C(O)C1C=CC=C1.O=C(O)C1C=CC=C1.O=C(O)C1C=CC=C1.[Ti]. The maximum absolute atomic E-state index is 10.1. The molecule has 8 nitrogen and oxygen atoms in total. The fourth-order valence-corrected chi connectivity index (χ4v) is 2.39. The Kier molecular flexibility index (Phi) is 14.5. The monoisotopic (exact) mass is 488 g/mol. The van der Waals surface area contributed by atoms with E-state index < -0.39 is 23.9 Å². The number of carbonyl (C=O) groups is 4. The van der Waals surface area contributed by atoms with E-state index in [1.54, 1.807) is 97.2 Å². The summed E-state index contributed by atoms with van der Waals surface area (Å²) < 4.78 is 0. The van der Waals surface area contributed by atoms with E-state index in [-0.39, 0.29) is 45.4 Å². The van der Waals surface area contributed by atoms with Gasteiger partial charge in [0.05, 0.1) is 23.7 Å². The molecule has 4 N–H and O–H groups in total. The minimum atomic E-state index is -0.782. The van der Waals surface area contributed by atoms with Crippen molar-refractivity contribution in [3.05, 3.63) is 97.2 Å². The molecule has 0 aromatic carbocycles. The maximum atomic E-state index is 10.1. The number of carboxylic acid groups (broad SMARTS) is 4. The van der Waals surface area contributed by atoms with Crippen molar-refractivity contribution >= 4 is 23.9 Å². The van der Waals surface area contributed by atoms with Crippen LogP contribution < -0.4 is 0 Å². The molecular weight excluding hydrogens is 464 g/mol. The molecule has 0 saturated carbocycles. The van der Waals surface area contributed by atoms with E-state index in [1.807, 2.05) is 0 Å². The molecule has 4 aliphatic carbocycles. The van der Waals surface area contributed by atoms with Gasteiger partial charge in [-0.15, -0.1) is 0 Å². The summed E-state index contributed by atoms with van der Waals surface area (Å²) >= 11 is 0. The molecule has 0 amide bonds. The quantitative estimate of drug-likeness (QED) is 0.441. The zero-order valence-corrected chi connectivity index (χ0v) is 19.0. The van der Waals surface area contributed by atoms with Crippen molar-refractivity contribution in [1.82, 2.24) is 0 Å². The van der Waals surface area contributed by atoms with E-state index in [4.69, 9.17) is 20.4 Å². The Bertz CT molecular complexity index is 734. The van der Waals surface area contributed by atoms with Gasteiger partial charge in [-0.2, -0.15) is 0 Å². The van der Waals surface area contributed by atoms with Gasteiger partial charge in [0.25, 0.3) is 0 Å². The summed E-state index contributed by atoms with van der Waals surface area (Å²) in [4.78, 5) is 40.4. The standard InChI is InChI=1S/4C6H6O2.Ti/c4*7-6(8)5-3-1-2-4-5;/h4*1-5H,(H,7,8);. The fraction of sp³-hybridized carbons (Fsp3) is 0.167. The number of hydrogen-bond donors (Lipinski definition) is 4. The molecule has 0 aromatic rings. The van der Waals surface area contributed by atoms with Crippen molar-refractivity contribution in [1.29, 1.82) is 0 Å². The number of aliphatic carboxylic acids is 4. The second-order valence-electron chi connectivity index (χ2n) is 6.54. The van der Waals surface area contributed by atoms with E-state index in [1.165, 1.54) is 0 Å². The summed E-state index contributed by atoms with van der Waals surface area (Å²) in [7, 11) is 0. The minimum Gasteiger partial charge on any atom is -0.481 e. The predicted octanol–water partition coefficient (Wildman–Crippen LogP) is 3.25. The molecule has 0 heterocycles. The molecule has 0 atom stereocenters. The van der Waals surface area contributed by atoms with Crippen LogP contribution in [0.3, 0.4) is 0 Å². The molecule has 0 spiro atoms. The van der Waals surface area contributed by atoms with Crippen molar-refractivity contribution in [2.75, 3.05) is 0 Å². The Morgan fingerprint density at radius 2 is 0.485 bits per heavy atom. The van der Waals surface area contributed by atoms with E-state index in [0.29, 0.717) is 0 Å². The second kappa shape index (κ2) is 16.2. The third kappa shape index (κ3) is 12.2. The van der Waals surface area contributed by atoms with Crippen molar-refractivity contribution in [2.24, 2.45) is 23.7 Å². The minimum absolute atomic E-state index is 0. The van der Waals surface area contributed by atoms with E-state index in [0.717, 1.165) is 0 Å². The molecule has 0 unspecified atom stereocenters. The topological polar surface area (TPSA) is 149 Å². The number of allylic oxidation sites excluding steroid dienone is 8. The molecule has 33 heavy (non-hydrogen) atoms. The Morgan fingerprint density at radius 1 is 0.364 bits per heavy atom. The van der Waals surface area contributed by atoms with Crippen LogP contribution in [0.1, 0.15) is 0 Å². The summed E-state index contributed by atoms with van der Waals surface area (Å²) in [6, 6.07) is 0. The molecule has 9 heteroatoms.